The van der Waals surface area contributed by atoms with Gasteiger partial charge in [0.25, 0.3) is 0 Å². The van der Waals surface area contributed by atoms with Crippen LogP contribution in [0, 0.1) is 0 Å². The third kappa shape index (κ3) is 2.13. The average molecular weight is 228 g/mol. The summed E-state index contributed by atoms with van der Waals surface area (Å²) in [5, 5.41) is 12.3. The summed E-state index contributed by atoms with van der Waals surface area (Å²) in [6.07, 6.45) is 2.83. The first kappa shape index (κ1) is 10.6. The first-order chi connectivity index (χ1) is 8.25. The SMILES string of the molecule is OC1(COc2ccc3ccccc3c2)CCC1. The van der Waals surface area contributed by atoms with Crippen molar-refractivity contribution >= 4 is 10.8 Å². The molecule has 1 fully saturated rings. The predicted octanol–water partition coefficient (Wildman–Crippen LogP) is 3.13. The highest BCUT2D eigenvalue weighted by Gasteiger charge is 2.35. The second-order valence-corrected chi connectivity index (χ2v) is 4.88. The lowest BCUT2D eigenvalue weighted by Crippen LogP contribution is -2.42. The van der Waals surface area contributed by atoms with Crippen LogP contribution in [-0.2, 0) is 0 Å². The Morgan fingerprint density at radius 3 is 2.53 bits per heavy atom. The summed E-state index contributed by atoms with van der Waals surface area (Å²) in [5.74, 6) is 0.837. The first-order valence-electron chi connectivity index (χ1n) is 6.09. The van der Waals surface area contributed by atoms with E-state index in [9.17, 15) is 5.11 Å². The number of fused-ring (bicyclic) bond motifs is 1. The van der Waals surface area contributed by atoms with Crippen molar-refractivity contribution in [1.29, 1.82) is 0 Å². The van der Waals surface area contributed by atoms with Gasteiger partial charge in [-0.3, -0.25) is 0 Å². The molecule has 1 N–H and O–H groups in total. The number of benzene rings is 2. The molecule has 0 unspecified atom stereocenters. The van der Waals surface area contributed by atoms with E-state index in [1.54, 1.807) is 0 Å². The van der Waals surface area contributed by atoms with Crippen molar-refractivity contribution in [3.63, 3.8) is 0 Å². The van der Waals surface area contributed by atoms with Gasteiger partial charge in [0.05, 0.1) is 5.60 Å². The largest absolute Gasteiger partial charge is 0.491 e. The van der Waals surface area contributed by atoms with E-state index < -0.39 is 5.60 Å². The summed E-state index contributed by atoms with van der Waals surface area (Å²) < 4.78 is 5.67. The van der Waals surface area contributed by atoms with E-state index in [1.165, 1.54) is 10.8 Å². The zero-order valence-corrected chi connectivity index (χ0v) is 9.73. The van der Waals surface area contributed by atoms with Crippen molar-refractivity contribution in [3.8, 4) is 5.75 Å². The summed E-state index contributed by atoms with van der Waals surface area (Å²) in [6, 6.07) is 14.2. The van der Waals surface area contributed by atoms with Gasteiger partial charge in [-0.25, -0.2) is 0 Å². The Morgan fingerprint density at radius 2 is 1.82 bits per heavy atom. The van der Waals surface area contributed by atoms with Crippen LogP contribution >= 0.6 is 0 Å². The second kappa shape index (κ2) is 4.04. The highest BCUT2D eigenvalue weighted by Crippen LogP contribution is 2.32. The molecule has 2 aromatic rings. The van der Waals surface area contributed by atoms with Crippen molar-refractivity contribution < 1.29 is 9.84 Å². The Kier molecular flexibility index (Phi) is 2.52. The molecule has 0 bridgehead atoms. The van der Waals surface area contributed by atoms with Crippen molar-refractivity contribution in [3.05, 3.63) is 42.5 Å². The first-order valence-corrected chi connectivity index (χ1v) is 6.09. The average Bonchev–Trinajstić information content (AvgIpc) is 2.34. The molecule has 0 heterocycles. The number of aliphatic hydroxyl groups is 1. The van der Waals surface area contributed by atoms with Gasteiger partial charge in [-0.05, 0) is 42.2 Å². The molecule has 0 saturated heterocycles. The van der Waals surface area contributed by atoms with Crippen LogP contribution in [0.25, 0.3) is 10.8 Å². The number of hydrogen-bond acceptors (Lipinski definition) is 2. The van der Waals surface area contributed by atoms with Gasteiger partial charge in [0.1, 0.15) is 12.4 Å². The van der Waals surface area contributed by atoms with E-state index >= 15 is 0 Å². The lowest BCUT2D eigenvalue weighted by atomic mass is 9.81. The quantitative estimate of drug-likeness (QED) is 0.874. The zero-order chi connectivity index (χ0) is 11.7. The fourth-order valence-electron chi connectivity index (χ4n) is 2.20. The molecule has 17 heavy (non-hydrogen) atoms. The molecular weight excluding hydrogens is 212 g/mol. The Morgan fingerprint density at radius 1 is 1.06 bits per heavy atom. The van der Waals surface area contributed by atoms with Gasteiger partial charge in [-0.15, -0.1) is 0 Å². The van der Waals surface area contributed by atoms with Crippen LogP contribution in [0.4, 0.5) is 0 Å². The molecule has 3 rings (SSSR count). The third-order valence-electron chi connectivity index (χ3n) is 3.51. The summed E-state index contributed by atoms with van der Waals surface area (Å²) in [7, 11) is 0. The molecule has 2 aromatic carbocycles. The Hall–Kier alpha value is -1.54. The van der Waals surface area contributed by atoms with Crippen LogP contribution in [0.5, 0.6) is 5.75 Å². The van der Waals surface area contributed by atoms with E-state index in [0.29, 0.717) is 6.61 Å². The maximum atomic E-state index is 9.96. The molecule has 0 atom stereocenters. The van der Waals surface area contributed by atoms with Gasteiger partial charge >= 0.3 is 0 Å². The second-order valence-electron chi connectivity index (χ2n) is 4.88. The lowest BCUT2D eigenvalue weighted by Gasteiger charge is -2.36. The molecular formula is C15H16O2. The topological polar surface area (TPSA) is 29.5 Å². The summed E-state index contributed by atoms with van der Waals surface area (Å²) >= 11 is 0. The van der Waals surface area contributed by atoms with Crippen molar-refractivity contribution in [2.45, 2.75) is 24.9 Å². The maximum Gasteiger partial charge on any atom is 0.120 e. The highest BCUT2D eigenvalue weighted by atomic mass is 16.5. The lowest BCUT2D eigenvalue weighted by molar-refractivity contribution is -0.0663. The Bertz CT molecular complexity index is 529. The van der Waals surface area contributed by atoms with Crippen LogP contribution in [-0.4, -0.2) is 17.3 Å². The van der Waals surface area contributed by atoms with Gasteiger partial charge in [0.2, 0.25) is 0 Å². The van der Waals surface area contributed by atoms with Crippen molar-refractivity contribution in [1.82, 2.24) is 0 Å². The standard InChI is InChI=1S/C15H16O2/c16-15(8-3-9-15)11-17-14-7-6-12-4-1-2-5-13(12)10-14/h1-2,4-7,10,16H,3,8-9,11H2. The molecule has 88 valence electrons. The smallest absolute Gasteiger partial charge is 0.120 e. The molecule has 0 amide bonds. The van der Waals surface area contributed by atoms with E-state index in [4.69, 9.17) is 4.74 Å². The minimum atomic E-state index is -0.578. The van der Waals surface area contributed by atoms with Crippen molar-refractivity contribution in [2.24, 2.45) is 0 Å². The molecule has 1 aliphatic rings. The molecule has 0 radical (unpaired) electrons. The van der Waals surface area contributed by atoms with E-state index in [0.717, 1.165) is 25.0 Å². The van der Waals surface area contributed by atoms with Crippen LogP contribution in [0.3, 0.4) is 0 Å². The molecule has 2 heteroatoms. The molecule has 1 saturated carbocycles. The maximum absolute atomic E-state index is 9.96. The fraction of sp³-hybridized carbons (Fsp3) is 0.333. The van der Waals surface area contributed by atoms with Crippen LogP contribution in [0.15, 0.2) is 42.5 Å². The molecule has 0 aromatic heterocycles. The third-order valence-corrected chi connectivity index (χ3v) is 3.51. The predicted molar refractivity (Wildman–Crippen MR) is 68.2 cm³/mol. The van der Waals surface area contributed by atoms with Crippen molar-refractivity contribution in [2.75, 3.05) is 6.61 Å². The van der Waals surface area contributed by atoms with E-state index in [1.807, 2.05) is 24.3 Å². The number of ether oxygens (including phenoxy) is 1. The minimum absolute atomic E-state index is 0.408. The molecule has 0 aliphatic heterocycles. The summed E-state index contributed by atoms with van der Waals surface area (Å²) in [5.41, 5.74) is -0.578. The van der Waals surface area contributed by atoms with Crippen LogP contribution < -0.4 is 4.74 Å². The van der Waals surface area contributed by atoms with Crippen LogP contribution in [0.1, 0.15) is 19.3 Å². The Balaban J connectivity index is 1.76. The molecule has 2 nitrogen and oxygen atoms in total. The molecule has 0 spiro atoms. The van der Waals surface area contributed by atoms with Gasteiger partial charge in [0, 0.05) is 0 Å². The zero-order valence-electron chi connectivity index (χ0n) is 9.73. The van der Waals surface area contributed by atoms with Gasteiger partial charge in [-0.2, -0.15) is 0 Å². The fourth-order valence-corrected chi connectivity index (χ4v) is 2.20. The Labute approximate surface area is 101 Å². The minimum Gasteiger partial charge on any atom is -0.491 e. The van der Waals surface area contributed by atoms with E-state index in [-0.39, 0.29) is 0 Å². The number of hydrogen-bond donors (Lipinski definition) is 1. The highest BCUT2D eigenvalue weighted by molar-refractivity contribution is 5.83. The van der Waals surface area contributed by atoms with Crippen LogP contribution in [0.2, 0.25) is 0 Å². The molecule has 1 aliphatic carbocycles. The monoisotopic (exact) mass is 228 g/mol. The van der Waals surface area contributed by atoms with E-state index in [2.05, 4.69) is 18.2 Å². The summed E-state index contributed by atoms with van der Waals surface area (Å²) in [6.45, 7) is 0.408. The summed E-state index contributed by atoms with van der Waals surface area (Å²) in [4.78, 5) is 0. The van der Waals surface area contributed by atoms with Gasteiger partial charge in [-0.1, -0.05) is 30.3 Å². The normalized spacial score (nSPS) is 17.7. The number of rotatable bonds is 3. The van der Waals surface area contributed by atoms with Gasteiger partial charge < -0.3 is 9.84 Å². The van der Waals surface area contributed by atoms with Gasteiger partial charge in [0.15, 0.2) is 0 Å².